The van der Waals surface area contributed by atoms with Crippen LogP contribution in [0.4, 0.5) is 0 Å². The average Bonchev–Trinajstić information content (AvgIpc) is 3.17. The van der Waals surface area contributed by atoms with Gasteiger partial charge in [-0.3, -0.25) is 14.4 Å². The third kappa shape index (κ3) is 2.51. The number of Topliss-reactive ketones (excluding diaryl/α,β-unsaturated/α-hetero) is 1. The van der Waals surface area contributed by atoms with Crippen LogP contribution < -0.4 is 0 Å². The number of hydrogen-bond donors (Lipinski definition) is 0. The zero-order chi connectivity index (χ0) is 28.7. The van der Waals surface area contributed by atoms with Crippen molar-refractivity contribution in [2.45, 2.75) is 90.3 Å². The Morgan fingerprint density at radius 1 is 1.12 bits per heavy atom. The summed E-state index contributed by atoms with van der Waals surface area (Å²) in [6.45, 7) is 11.5. The predicted molar refractivity (Wildman–Crippen MR) is 137 cm³/mol. The van der Waals surface area contributed by atoms with Crippen molar-refractivity contribution >= 4 is 23.5 Å². The summed E-state index contributed by atoms with van der Waals surface area (Å²) in [4.78, 5) is 55.7. The molecule has 214 valence electrons. The number of hydrogen-bond acceptors (Lipinski definition) is 9. The Balaban J connectivity index is 1.46. The Morgan fingerprint density at radius 2 is 1.88 bits per heavy atom. The summed E-state index contributed by atoms with van der Waals surface area (Å²) in [5.74, 6) is -2.16. The molecule has 3 aliphatic carbocycles. The standard InChI is InChI=1S/C31H36O9/c1-16(2)13-20(33)38-23-21(34)30-19(32)8-11-29(30,15-37-26(30,3)4)18-7-10-27(5)22(17-9-12-36-14-17)39-25(35)24-31(27,40-24)28(18,23)6/h8-9,11-12,14,16,18,22-24H,7,10,13,15H2,1-6H3/t18-,22-,23-,24+,27-,28-,29+,30-,31+/m0/s1. The molecular weight excluding hydrogens is 516 g/mol. The fraction of sp³-hybridized carbons (Fsp3) is 0.677. The molecule has 9 heteroatoms. The van der Waals surface area contributed by atoms with E-state index in [0.29, 0.717) is 18.4 Å². The lowest BCUT2D eigenvalue weighted by Crippen LogP contribution is -2.78. The van der Waals surface area contributed by atoms with E-state index in [1.165, 1.54) is 12.3 Å². The Kier molecular flexibility index (Phi) is 4.92. The molecule has 0 aromatic carbocycles. The van der Waals surface area contributed by atoms with Gasteiger partial charge in [-0.25, -0.2) is 4.79 Å². The average molecular weight is 553 g/mol. The van der Waals surface area contributed by atoms with Crippen LogP contribution in [0.15, 0.2) is 35.2 Å². The van der Waals surface area contributed by atoms with E-state index >= 15 is 4.79 Å². The first-order valence-corrected chi connectivity index (χ1v) is 14.3. The highest BCUT2D eigenvalue weighted by molar-refractivity contribution is 6.19. The van der Waals surface area contributed by atoms with Gasteiger partial charge in [0, 0.05) is 28.2 Å². The van der Waals surface area contributed by atoms with Gasteiger partial charge in [-0.1, -0.05) is 33.8 Å². The Labute approximate surface area is 232 Å². The minimum Gasteiger partial charge on any atom is -0.472 e. The van der Waals surface area contributed by atoms with E-state index in [1.54, 1.807) is 26.2 Å². The van der Waals surface area contributed by atoms with Crippen LogP contribution in [-0.4, -0.2) is 53.5 Å². The molecule has 0 amide bonds. The number of ketones is 2. The van der Waals surface area contributed by atoms with E-state index in [1.807, 2.05) is 33.8 Å². The summed E-state index contributed by atoms with van der Waals surface area (Å²) in [6.07, 6.45) is 4.85. The SMILES string of the molecule is CC(C)CC(=O)O[C@H]1C(=O)[C@]23C(=O)C=C[C@@]2(COC3(C)C)[C@H]2CC[C@@]3(C)[C@H](c4ccoc4)OC(=O)[C@H]4O[C@]43[C@]12C. The second-order valence-electron chi connectivity index (χ2n) is 14.0. The van der Waals surface area contributed by atoms with Crippen molar-refractivity contribution in [2.75, 3.05) is 6.61 Å². The quantitative estimate of drug-likeness (QED) is 0.311. The summed E-state index contributed by atoms with van der Waals surface area (Å²) >= 11 is 0. The molecule has 3 saturated heterocycles. The summed E-state index contributed by atoms with van der Waals surface area (Å²) in [5, 5.41) is 0. The van der Waals surface area contributed by atoms with Crippen molar-refractivity contribution in [1.29, 1.82) is 0 Å². The summed E-state index contributed by atoms with van der Waals surface area (Å²) in [7, 11) is 0. The first kappa shape index (κ1) is 26.1. The summed E-state index contributed by atoms with van der Waals surface area (Å²) < 4.78 is 30.4. The number of carbonyl (C=O) groups is 4. The first-order valence-electron chi connectivity index (χ1n) is 14.3. The maximum Gasteiger partial charge on any atom is 0.339 e. The highest BCUT2D eigenvalue weighted by Crippen LogP contribution is 2.82. The minimum absolute atomic E-state index is 0.00271. The van der Waals surface area contributed by atoms with Crippen LogP contribution in [0.3, 0.4) is 0 Å². The van der Waals surface area contributed by atoms with E-state index in [0.717, 1.165) is 0 Å². The summed E-state index contributed by atoms with van der Waals surface area (Å²) in [6, 6.07) is 1.77. The number of esters is 2. The van der Waals surface area contributed by atoms with Crippen LogP contribution in [0.5, 0.6) is 0 Å². The third-order valence-corrected chi connectivity index (χ3v) is 11.6. The van der Waals surface area contributed by atoms with Crippen LogP contribution >= 0.6 is 0 Å². The topological polar surface area (TPSA) is 122 Å². The fourth-order valence-electron chi connectivity index (χ4n) is 10.1. The zero-order valence-corrected chi connectivity index (χ0v) is 23.8. The van der Waals surface area contributed by atoms with E-state index in [-0.39, 0.29) is 30.6 Å². The number of ether oxygens (including phenoxy) is 4. The number of rotatable bonds is 4. The second kappa shape index (κ2) is 7.53. The maximum absolute atomic E-state index is 15.0. The van der Waals surface area contributed by atoms with E-state index < -0.39 is 68.9 Å². The molecule has 1 spiro atoms. The lowest BCUT2D eigenvalue weighted by molar-refractivity contribution is -0.244. The number of epoxide rings is 1. The maximum atomic E-state index is 15.0. The molecule has 2 saturated carbocycles. The van der Waals surface area contributed by atoms with E-state index in [4.69, 9.17) is 23.4 Å². The van der Waals surface area contributed by atoms with Crippen LogP contribution in [0.25, 0.3) is 0 Å². The first-order chi connectivity index (χ1) is 18.7. The molecule has 0 bridgehead atoms. The highest BCUT2D eigenvalue weighted by Gasteiger charge is 2.93. The number of fused-ring (bicyclic) bond motifs is 1. The molecule has 9 atom stereocenters. The largest absolute Gasteiger partial charge is 0.472 e. The second-order valence-corrected chi connectivity index (χ2v) is 14.0. The molecule has 40 heavy (non-hydrogen) atoms. The lowest BCUT2D eigenvalue weighted by Gasteiger charge is -2.67. The predicted octanol–water partition coefficient (Wildman–Crippen LogP) is 3.90. The monoisotopic (exact) mass is 552 g/mol. The van der Waals surface area contributed by atoms with Gasteiger partial charge in [0.15, 0.2) is 23.8 Å². The van der Waals surface area contributed by atoms with Crippen LogP contribution in [0.1, 0.15) is 72.5 Å². The van der Waals surface area contributed by atoms with Gasteiger partial charge < -0.3 is 23.4 Å². The fourth-order valence-corrected chi connectivity index (χ4v) is 10.1. The van der Waals surface area contributed by atoms with E-state index in [9.17, 15) is 14.4 Å². The number of allylic oxidation sites excluding steroid dienone is 1. The molecule has 1 aromatic rings. The van der Waals surface area contributed by atoms with E-state index in [2.05, 4.69) is 0 Å². The van der Waals surface area contributed by atoms with Crippen molar-refractivity contribution in [2.24, 2.45) is 33.5 Å². The summed E-state index contributed by atoms with van der Waals surface area (Å²) in [5.41, 5.74) is -6.01. The van der Waals surface area contributed by atoms with Crippen molar-refractivity contribution in [3.63, 3.8) is 0 Å². The van der Waals surface area contributed by atoms with Gasteiger partial charge in [-0.15, -0.1) is 0 Å². The van der Waals surface area contributed by atoms with Crippen LogP contribution in [0, 0.1) is 33.5 Å². The van der Waals surface area contributed by atoms with Gasteiger partial charge in [-0.05, 0) is 50.7 Å². The molecule has 3 aliphatic heterocycles. The molecule has 0 radical (unpaired) electrons. The molecule has 0 unspecified atom stereocenters. The Morgan fingerprint density at radius 3 is 2.55 bits per heavy atom. The van der Waals surface area contributed by atoms with Crippen molar-refractivity contribution < 1.29 is 42.5 Å². The molecule has 7 rings (SSSR count). The number of cyclic esters (lactones) is 1. The minimum atomic E-state index is -1.54. The normalized spacial score (nSPS) is 47.6. The molecule has 9 nitrogen and oxygen atoms in total. The van der Waals surface area contributed by atoms with Gasteiger partial charge in [0.05, 0.1) is 24.7 Å². The van der Waals surface area contributed by atoms with Crippen molar-refractivity contribution in [3.8, 4) is 0 Å². The molecule has 1 aromatic heterocycles. The van der Waals surface area contributed by atoms with Gasteiger partial charge in [0.1, 0.15) is 17.1 Å². The number of furan rings is 1. The van der Waals surface area contributed by atoms with Crippen LogP contribution in [0.2, 0.25) is 0 Å². The van der Waals surface area contributed by atoms with Crippen molar-refractivity contribution in [3.05, 3.63) is 36.3 Å². The van der Waals surface area contributed by atoms with Gasteiger partial charge in [-0.2, -0.15) is 0 Å². The molecular formula is C31H36O9. The van der Waals surface area contributed by atoms with Crippen LogP contribution in [-0.2, 0) is 38.1 Å². The molecule has 6 aliphatic rings. The third-order valence-electron chi connectivity index (χ3n) is 11.6. The lowest BCUT2D eigenvalue weighted by atomic mass is 9.34. The van der Waals surface area contributed by atoms with Gasteiger partial charge in [0.2, 0.25) is 0 Å². The van der Waals surface area contributed by atoms with Gasteiger partial charge in [0.25, 0.3) is 0 Å². The molecule has 5 fully saturated rings. The van der Waals surface area contributed by atoms with Gasteiger partial charge >= 0.3 is 11.9 Å². The van der Waals surface area contributed by atoms with Crippen molar-refractivity contribution in [1.82, 2.24) is 0 Å². The molecule has 0 N–H and O–H groups in total. The smallest absolute Gasteiger partial charge is 0.339 e. The zero-order valence-electron chi connectivity index (χ0n) is 23.8. The Bertz CT molecular complexity index is 1370. The molecule has 4 heterocycles. The number of carbonyl (C=O) groups excluding carboxylic acids is 4. The highest BCUT2D eigenvalue weighted by atomic mass is 16.7. The Hall–Kier alpha value is -2.78.